The standard InChI is InChI=1S/C10H10I2O/c1-6-9(12)5-7-4-8(11)2-3-10(7)13-6/h2-4,6,9H,5H2,1H3/t6-,9+/m0/s1. The number of ether oxygens (including phenoxy) is 1. The molecule has 1 aliphatic rings. The average Bonchev–Trinajstić information content (AvgIpc) is 2.08. The van der Waals surface area contributed by atoms with Crippen LogP contribution >= 0.6 is 45.2 Å². The van der Waals surface area contributed by atoms with Crippen LogP contribution in [0.1, 0.15) is 12.5 Å². The van der Waals surface area contributed by atoms with Crippen molar-refractivity contribution in [2.75, 3.05) is 0 Å². The minimum atomic E-state index is 0.341. The number of rotatable bonds is 0. The molecule has 2 rings (SSSR count). The Morgan fingerprint density at radius 2 is 2.23 bits per heavy atom. The zero-order valence-corrected chi connectivity index (χ0v) is 11.6. The lowest BCUT2D eigenvalue weighted by atomic mass is 10.0. The fraction of sp³-hybridized carbons (Fsp3) is 0.400. The lowest BCUT2D eigenvalue weighted by Gasteiger charge is -2.27. The number of hydrogen-bond acceptors (Lipinski definition) is 1. The molecule has 0 fully saturated rings. The lowest BCUT2D eigenvalue weighted by molar-refractivity contribution is 0.204. The Hall–Kier alpha value is 0.480. The Balaban J connectivity index is 2.37. The van der Waals surface area contributed by atoms with Gasteiger partial charge in [-0.05, 0) is 59.7 Å². The fourth-order valence-corrected chi connectivity index (χ4v) is 2.65. The largest absolute Gasteiger partial charge is 0.489 e. The lowest BCUT2D eigenvalue weighted by Crippen LogP contribution is -2.30. The molecule has 0 bridgehead atoms. The maximum absolute atomic E-state index is 5.79. The fourth-order valence-electron chi connectivity index (χ4n) is 1.47. The first kappa shape index (κ1) is 10.0. The third-order valence-electron chi connectivity index (χ3n) is 2.26. The molecule has 1 heterocycles. The number of alkyl halides is 1. The Morgan fingerprint density at radius 1 is 1.46 bits per heavy atom. The van der Waals surface area contributed by atoms with E-state index in [-0.39, 0.29) is 0 Å². The molecule has 3 heteroatoms. The SMILES string of the molecule is C[C@@H]1Oc2ccc(I)cc2C[C@H]1I. The maximum Gasteiger partial charge on any atom is 0.123 e. The Bertz CT molecular complexity index is 325. The molecule has 0 spiro atoms. The van der Waals surface area contributed by atoms with Gasteiger partial charge in [0.25, 0.3) is 0 Å². The minimum Gasteiger partial charge on any atom is -0.489 e. The van der Waals surface area contributed by atoms with Gasteiger partial charge in [-0.2, -0.15) is 0 Å². The smallest absolute Gasteiger partial charge is 0.123 e. The van der Waals surface area contributed by atoms with Gasteiger partial charge in [-0.3, -0.25) is 0 Å². The molecule has 70 valence electrons. The summed E-state index contributed by atoms with van der Waals surface area (Å²) in [5.74, 6) is 1.07. The summed E-state index contributed by atoms with van der Waals surface area (Å²) >= 11 is 4.80. The predicted molar refractivity (Wildman–Crippen MR) is 70.8 cm³/mol. The Labute approximate surface area is 106 Å². The highest BCUT2D eigenvalue weighted by atomic mass is 127. The van der Waals surface area contributed by atoms with E-state index in [0.29, 0.717) is 10.0 Å². The van der Waals surface area contributed by atoms with E-state index >= 15 is 0 Å². The van der Waals surface area contributed by atoms with Crippen molar-refractivity contribution < 1.29 is 4.74 Å². The zero-order valence-electron chi connectivity index (χ0n) is 7.26. The zero-order chi connectivity index (χ0) is 9.42. The molecule has 0 aliphatic carbocycles. The second-order valence-electron chi connectivity index (χ2n) is 3.30. The average molecular weight is 400 g/mol. The van der Waals surface area contributed by atoms with Crippen LogP contribution in [-0.4, -0.2) is 10.0 Å². The molecule has 1 nitrogen and oxygen atoms in total. The van der Waals surface area contributed by atoms with Crippen molar-refractivity contribution in [3.05, 3.63) is 27.3 Å². The normalized spacial score (nSPS) is 26.4. The number of hydrogen-bond donors (Lipinski definition) is 0. The third-order valence-corrected chi connectivity index (χ3v) is 4.38. The van der Waals surface area contributed by atoms with Gasteiger partial charge in [-0.25, -0.2) is 0 Å². The van der Waals surface area contributed by atoms with E-state index in [2.05, 4.69) is 70.3 Å². The van der Waals surface area contributed by atoms with E-state index in [1.165, 1.54) is 9.13 Å². The maximum atomic E-state index is 5.79. The molecule has 0 radical (unpaired) electrons. The second kappa shape index (κ2) is 3.92. The van der Waals surface area contributed by atoms with Gasteiger partial charge in [0, 0.05) is 3.57 Å². The van der Waals surface area contributed by atoms with E-state index in [4.69, 9.17) is 4.74 Å². The monoisotopic (exact) mass is 400 g/mol. The molecule has 1 aliphatic heterocycles. The number of benzene rings is 1. The van der Waals surface area contributed by atoms with Crippen molar-refractivity contribution in [1.82, 2.24) is 0 Å². The van der Waals surface area contributed by atoms with Gasteiger partial charge >= 0.3 is 0 Å². The molecule has 1 aromatic carbocycles. The van der Waals surface area contributed by atoms with Crippen LogP contribution in [0.25, 0.3) is 0 Å². The third kappa shape index (κ3) is 2.11. The van der Waals surface area contributed by atoms with Gasteiger partial charge in [0.1, 0.15) is 11.9 Å². The van der Waals surface area contributed by atoms with Crippen LogP contribution in [0, 0.1) is 3.57 Å². The summed E-state index contributed by atoms with van der Waals surface area (Å²) in [5, 5.41) is 0. The Kier molecular flexibility index (Phi) is 3.02. The first-order chi connectivity index (χ1) is 6.16. The molecule has 0 amide bonds. The van der Waals surface area contributed by atoms with Crippen molar-refractivity contribution in [2.24, 2.45) is 0 Å². The van der Waals surface area contributed by atoms with Crippen molar-refractivity contribution in [2.45, 2.75) is 23.4 Å². The summed E-state index contributed by atoms with van der Waals surface area (Å²) in [6.45, 7) is 2.14. The molecule has 2 atom stereocenters. The second-order valence-corrected chi connectivity index (χ2v) is 6.14. The van der Waals surface area contributed by atoms with Crippen LogP contribution in [-0.2, 0) is 6.42 Å². The highest BCUT2D eigenvalue weighted by molar-refractivity contribution is 14.1. The van der Waals surface area contributed by atoms with Gasteiger partial charge in [0.05, 0.1) is 3.92 Å². The van der Waals surface area contributed by atoms with Crippen molar-refractivity contribution in [3.63, 3.8) is 0 Å². The molecular formula is C10H10I2O. The Morgan fingerprint density at radius 3 is 3.00 bits per heavy atom. The first-order valence-electron chi connectivity index (χ1n) is 4.26. The van der Waals surface area contributed by atoms with Gasteiger partial charge in [-0.1, -0.05) is 22.6 Å². The van der Waals surface area contributed by atoms with Crippen LogP contribution in [0.15, 0.2) is 18.2 Å². The van der Waals surface area contributed by atoms with Crippen LogP contribution in [0.3, 0.4) is 0 Å². The molecule has 0 aromatic heterocycles. The van der Waals surface area contributed by atoms with E-state index in [0.717, 1.165) is 12.2 Å². The van der Waals surface area contributed by atoms with Gasteiger partial charge in [0.2, 0.25) is 0 Å². The van der Waals surface area contributed by atoms with Crippen molar-refractivity contribution >= 4 is 45.2 Å². The summed E-state index contributed by atoms with van der Waals surface area (Å²) in [7, 11) is 0. The summed E-state index contributed by atoms with van der Waals surface area (Å²) in [6.07, 6.45) is 1.47. The van der Waals surface area contributed by atoms with Crippen LogP contribution in [0.5, 0.6) is 5.75 Å². The molecule has 0 saturated heterocycles. The van der Waals surface area contributed by atoms with Gasteiger partial charge in [-0.15, -0.1) is 0 Å². The van der Waals surface area contributed by atoms with E-state index in [1.807, 2.05) is 0 Å². The summed E-state index contributed by atoms with van der Waals surface area (Å²) in [4.78, 5) is 0. The highest BCUT2D eigenvalue weighted by Gasteiger charge is 2.24. The van der Waals surface area contributed by atoms with Crippen LogP contribution in [0.4, 0.5) is 0 Å². The summed E-state index contributed by atoms with van der Waals surface area (Å²) in [5.41, 5.74) is 1.35. The number of halogens is 2. The van der Waals surface area contributed by atoms with Crippen LogP contribution in [0.2, 0.25) is 0 Å². The summed E-state index contributed by atoms with van der Waals surface area (Å²) < 4.78 is 7.68. The van der Waals surface area contributed by atoms with Crippen molar-refractivity contribution in [1.29, 1.82) is 0 Å². The van der Waals surface area contributed by atoms with E-state index < -0.39 is 0 Å². The van der Waals surface area contributed by atoms with E-state index in [1.54, 1.807) is 0 Å². The quantitative estimate of drug-likeness (QED) is 0.479. The summed E-state index contributed by atoms with van der Waals surface area (Å²) in [6, 6.07) is 6.39. The highest BCUT2D eigenvalue weighted by Crippen LogP contribution is 2.31. The molecule has 13 heavy (non-hydrogen) atoms. The first-order valence-corrected chi connectivity index (χ1v) is 6.58. The molecule has 1 aromatic rings. The van der Waals surface area contributed by atoms with Gasteiger partial charge in [0.15, 0.2) is 0 Å². The minimum absolute atomic E-state index is 0.341. The molecular weight excluding hydrogens is 390 g/mol. The van der Waals surface area contributed by atoms with Crippen LogP contribution < -0.4 is 4.74 Å². The molecule has 0 N–H and O–H groups in total. The van der Waals surface area contributed by atoms with Crippen molar-refractivity contribution in [3.8, 4) is 5.75 Å². The molecule has 0 unspecified atom stereocenters. The van der Waals surface area contributed by atoms with E-state index in [9.17, 15) is 0 Å². The number of fused-ring (bicyclic) bond motifs is 1. The predicted octanol–water partition coefficient (Wildman–Crippen LogP) is 3.42. The van der Waals surface area contributed by atoms with Gasteiger partial charge < -0.3 is 4.74 Å². The topological polar surface area (TPSA) is 9.23 Å². The molecule has 0 saturated carbocycles.